The Labute approximate surface area is 95.6 Å². The summed E-state index contributed by atoms with van der Waals surface area (Å²) < 4.78 is 38.4. The van der Waals surface area contributed by atoms with E-state index in [9.17, 15) is 13.2 Å². The molecule has 4 heteroatoms. The molecule has 0 radical (unpaired) electrons. The van der Waals surface area contributed by atoms with Gasteiger partial charge in [0.25, 0.3) is 0 Å². The van der Waals surface area contributed by atoms with Gasteiger partial charge in [-0.1, -0.05) is 28.1 Å². The Hall–Kier alpha value is -0.510. The fourth-order valence-electron chi connectivity index (χ4n) is 1.30. The first kappa shape index (κ1) is 12.6. The SMILES string of the molecule is Cc1cc(C(Br)CC(C)(F)F)ccc1F. The maximum absolute atomic E-state index is 12.9. The van der Waals surface area contributed by atoms with Crippen molar-refractivity contribution in [2.24, 2.45) is 0 Å². The van der Waals surface area contributed by atoms with E-state index in [1.807, 2.05) is 0 Å². The molecule has 0 saturated heterocycles. The van der Waals surface area contributed by atoms with Crippen molar-refractivity contribution in [3.8, 4) is 0 Å². The lowest BCUT2D eigenvalue weighted by molar-refractivity contribution is 0.0130. The molecule has 15 heavy (non-hydrogen) atoms. The molecular weight excluding hydrogens is 269 g/mol. The normalized spacial score (nSPS) is 14.0. The summed E-state index contributed by atoms with van der Waals surface area (Å²) >= 11 is 3.18. The van der Waals surface area contributed by atoms with E-state index in [0.29, 0.717) is 11.1 Å². The Kier molecular flexibility index (Phi) is 3.82. The molecule has 1 atom stereocenters. The van der Waals surface area contributed by atoms with Gasteiger partial charge in [-0.25, -0.2) is 13.2 Å². The second kappa shape index (κ2) is 4.56. The lowest BCUT2D eigenvalue weighted by Crippen LogP contribution is -2.12. The summed E-state index contributed by atoms with van der Waals surface area (Å²) in [6.07, 6.45) is -0.294. The average Bonchev–Trinajstić information content (AvgIpc) is 2.06. The van der Waals surface area contributed by atoms with Gasteiger partial charge in [-0.3, -0.25) is 0 Å². The lowest BCUT2D eigenvalue weighted by Gasteiger charge is -2.16. The van der Waals surface area contributed by atoms with Crippen molar-refractivity contribution in [2.75, 3.05) is 0 Å². The molecule has 0 fully saturated rings. The topological polar surface area (TPSA) is 0 Å². The van der Waals surface area contributed by atoms with E-state index >= 15 is 0 Å². The zero-order valence-corrected chi connectivity index (χ0v) is 10.1. The van der Waals surface area contributed by atoms with Gasteiger partial charge in [0.15, 0.2) is 0 Å². The lowest BCUT2D eigenvalue weighted by atomic mass is 10.0. The molecule has 0 nitrogen and oxygen atoms in total. The summed E-state index contributed by atoms with van der Waals surface area (Å²) in [7, 11) is 0. The third-order valence-corrected chi connectivity index (χ3v) is 2.93. The second-order valence-electron chi connectivity index (χ2n) is 3.75. The molecule has 1 rings (SSSR count). The molecule has 1 aromatic carbocycles. The van der Waals surface area contributed by atoms with Gasteiger partial charge >= 0.3 is 0 Å². The molecule has 0 spiro atoms. The van der Waals surface area contributed by atoms with Crippen molar-refractivity contribution < 1.29 is 13.2 Å². The highest BCUT2D eigenvalue weighted by atomic mass is 79.9. The van der Waals surface area contributed by atoms with Crippen LogP contribution in [0.2, 0.25) is 0 Å². The molecule has 84 valence electrons. The number of hydrogen-bond donors (Lipinski definition) is 0. The van der Waals surface area contributed by atoms with Gasteiger partial charge in [-0.05, 0) is 31.0 Å². The van der Waals surface area contributed by atoms with E-state index in [2.05, 4.69) is 15.9 Å². The minimum absolute atomic E-state index is 0.294. The maximum Gasteiger partial charge on any atom is 0.246 e. The van der Waals surface area contributed by atoms with Gasteiger partial charge in [0.2, 0.25) is 5.92 Å². The van der Waals surface area contributed by atoms with E-state index in [-0.39, 0.29) is 12.2 Å². The number of alkyl halides is 3. The molecule has 1 aromatic rings. The Morgan fingerprint density at radius 3 is 2.47 bits per heavy atom. The molecule has 0 amide bonds. The maximum atomic E-state index is 12.9. The van der Waals surface area contributed by atoms with Crippen LogP contribution in [0, 0.1) is 12.7 Å². The molecule has 0 aliphatic heterocycles. The molecule has 0 saturated carbocycles. The van der Waals surface area contributed by atoms with Crippen LogP contribution in [0.3, 0.4) is 0 Å². The molecule has 1 unspecified atom stereocenters. The minimum Gasteiger partial charge on any atom is -0.207 e. The molecule has 0 aliphatic carbocycles. The summed E-state index contributed by atoms with van der Waals surface area (Å²) in [5, 5.41) is 0. The summed E-state index contributed by atoms with van der Waals surface area (Å²) in [5.74, 6) is -3.04. The van der Waals surface area contributed by atoms with E-state index in [1.54, 1.807) is 13.0 Å². The van der Waals surface area contributed by atoms with Crippen molar-refractivity contribution in [3.63, 3.8) is 0 Å². The van der Waals surface area contributed by atoms with E-state index in [4.69, 9.17) is 0 Å². The molecule has 0 heterocycles. The van der Waals surface area contributed by atoms with Crippen molar-refractivity contribution in [1.29, 1.82) is 0 Å². The zero-order chi connectivity index (χ0) is 11.6. The monoisotopic (exact) mass is 280 g/mol. The Morgan fingerprint density at radius 2 is 2.00 bits per heavy atom. The van der Waals surface area contributed by atoms with Crippen molar-refractivity contribution in [1.82, 2.24) is 0 Å². The third-order valence-electron chi connectivity index (χ3n) is 2.08. The fraction of sp³-hybridized carbons (Fsp3) is 0.455. The zero-order valence-electron chi connectivity index (χ0n) is 8.53. The van der Waals surface area contributed by atoms with Crippen LogP contribution in [0.15, 0.2) is 18.2 Å². The number of rotatable bonds is 3. The number of benzene rings is 1. The van der Waals surface area contributed by atoms with Crippen LogP contribution < -0.4 is 0 Å². The van der Waals surface area contributed by atoms with Gasteiger partial charge < -0.3 is 0 Å². The van der Waals surface area contributed by atoms with Crippen LogP contribution in [-0.2, 0) is 0 Å². The first-order chi connectivity index (χ1) is 6.79. The second-order valence-corrected chi connectivity index (χ2v) is 4.86. The minimum atomic E-state index is -2.73. The van der Waals surface area contributed by atoms with Crippen molar-refractivity contribution in [2.45, 2.75) is 31.0 Å². The van der Waals surface area contributed by atoms with Gasteiger partial charge in [0.05, 0.1) is 0 Å². The van der Waals surface area contributed by atoms with Crippen LogP contribution >= 0.6 is 15.9 Å². The predicted molar refractivity (Wildman–Crippen MR) is 58.0 cm³/mol. The van der Waals surface area contributed by atoms with Crippen LogP contribution in [0.1, 0.15) is 29.3 Å². The highest BCUT2D eigenvalue weighted by Gasteiger charge is 2.26. The molecule has 0 aromatic heterocycles. The molecule has 0 bridgehead atoms. The quantitative estimate of drug-likeness (QED) is 0.709. The smallest absolute Gasteiger partial charge is 0.207 e. The van der Waals surface area contributed by atoms with Crippen LogP contribution in [0.25, 0.3) is 0 Å². The fourth-order valence-corrected chi connectivity index (χ4v) is 2.15. The number of hydrogen-bond acceptors (Lipinski definition) is 0. The highest BCUT2D eigenvalue weighted by Crippen LogP contribution is 2.34. The Bertz CT molecular complexity index is 344. The number of aryl methyl sites for hydroxylation is 1. The van der Waals surface area contributed by atoms with Crippen LogP contribution in [-0.4, -0.2) is 5.92 Å². The van der Waals surface area contributed by atoms with E-state index in [1.165, 1.54) is 12.1 Å². The summed E-state index contributed by atoms with van der Waals surface area (Å²) in [6, 6.07) is 4.40. The Morgan fingerprint density at radius 1 is 1.40 bits per heavy atom. The average molecular weight is 281 g/mol. The summed E-state index contributed by atoms with van der Waals surface area (Å²) in [6.45, 7) is 2.49. The molecule has 0 N–H and O–H groups in total. The van der Waals surface area contributed by atoms with E-state index in [0.717, 1.165) is 6.92 Å². The largest absolute Gasteiger partial charge is 0.246 e. The van der Waals surface area contributed by atoms with Gasteiger partial charge in [-0.2, -0.15) is 0 Å². The number of halogens is 4. The predicted octanol–water partition coefficient (Wildman–Crippen LogP) is 4.62. The summed E-state index contributed by atoms with van der Waals surface area (Å²) in [5.41, 5.74) is 1.15. The first-order valence-corrected chi connectivity index (χ1v) is 5.49. The third kappa shape index (κ3) is 3.86. The van der Waals surface area contributed by atoms with Crippen LogP contribution in [0.4, 0.5) is 13.2 Å². The van der Waals surface area contributed by atoms with Gasteiger partial charge in [0.1, 0.15) is 5.82 Å². The van der Waals surface area contributed by atoms with Gasteiger partial charge in [-0.15, -0.1) is 0 Å². The van der Waals surface area contributed by atoms with Crippen molar-refractivity contribution in [3.05, 3.63) is 35.1 Å². The molecule has 0 aliphatic rings. The summed E-state index contributed by atoms with van der Waals surface area (Å²) in [4.78, 5) is -0.447. The molecular formula is C11H12BrF3. The van der Waals surface area contributed by atoms with Crippen molar-refractivity contribution >= 4 is 15.9 Å². The Balaban J connectivity index is 2.83. The van der Waals surface area contributed by atoms with E-state index < -0.39 is 10.7 Å². The highest BCUT2D eigenvalue weighted by molar-refractivity contribution is 9.09. The van der Waals surface area contributed by atoms with Gasteiger partial charge in [0, 0.05) is 11.2 Å². The van der Waals surface area contributed by atoms with Crippen LogP contribution in [0.5, 0.6) is 0 Å². The standard InChI is InChI=1S/C11H12BrF3/c1-7-5-8(3-4-10(7)13)9(12)6-11(2,14)15/h3-5,9H,6H2,1-2H3. The first-order valence-electron chi connectivity index (χ1n) is 4.57.